The highest BCUT2D eigenvalue weighted by atomic mass is 16.7. The molecule has 0 unspecified atom stereocenters. The highest BCUT2D eigenvalue weighted by molar-refractivity contribution is 5.68. The summed E-state index contributed by atoms with van der Waals surface area (Å²) in [5.74, 6) is 0. The third-order valence-corrected chi connectivity index (χ3v) is 2.62. The fourth-order valence-corrected chi connectivity index (χ4v) is 1.56. The van der Waals surface area contributed by atoms with E-state index in [1.54, 1.807) is 19.1 Å². The second kappa shape index (κ2) is 9.15. The van der Waals surface area contributed by atoms with Gasteiger partial charge in [-0.2, -0.15) is 0 Å². The molecular formula is C14H30N2O4. The second-order valence-electron chi connectivity index (χ2n) is 5.87. The monoisotopic (exact) mass is 290 g/mol. The average molecular weight is 290 g/mol. The lowest BCUT2D eigenvalue weighted by Gasteiger charge is -2.30. The lowest BCUT2D eigenvalue weighted by atomic mass is 10.2. The fourth-order valence-electron chi connectivity index (χ4n) is 1.56. The Morgan fingerprint density at radius 1 is 1.20 bits per heavy atom. The van der Waals surface area contributed by atoms with E-state index in [1.807, 2.05) is 34.6 Å². The number of amides is 1. The zero-order valence-electron chi connectivity index (χ0n) is 13.9. The van der Waals surface area contributed by atoms with Crippen molar-refractivity contribution in [1.29, 1.82) is 0 Å². The number of hydrogen-bond donors (Lipinski definition) is 1. The molecule has 120 valence electrons. The van der Waals surface area contributed by atoms with Crippen LogP contribution < -0.4 is 5.32 Å². The molecule has 6 nitrogen and oxygen atoms in total. The Bertz CT molecular complexity index is 273. The number of carbonyl (C=O) groups excluding carboxylic acids is 1. The highest BCUT2D eigenvalue weighted by Gasteiger charge is 2.23. The smallest absolute Gasteiger partial charge is 0.410 e. The van der Waals surface area contributed by atoms with E-state index < -0.39 is 5.60 Å². The van der Waals surface area contributed by atoms with Crippen molar-refractivity contribution in [3.63, 3.8) is 0 Å². The topological polar surface area (TPSA) is 60.0 Å². The van der Waals surface area contributed by atoms with Gasteiger partial charge in [-0.25, -0.2) is 4.79 Å². The van der Waals surface area contributed by atoms with Crippen molar-refractivity contribution in [3.8, 4) is 0 Å². The summed E-state index contributed by atoms with van der Waals surface area (Å²) in [6.07, 6.45) is -0.562. The Balaban J connectivity index is 4.19. The molecular weight excluding hydrogens is 260 g/mol. The largest absolute Gasteiger partial charge is 0.444 e. The van der Waals surface area contributed by atoms with E-state index in [2.05, 4.69) is 5.32 Å². The molecule has 0 aromatic carbocycles. The number of hydrogen-bond acceptors (Lipinski definition) is 5. The Kier molecular flexibility index (Phi) is 8.76. The Morgan fingerprint density at radius 2 is 1.75 bits per heavy atom. The molecule has 0 fully saturated rings. The Hall–Kier alpha value is -0.850. The second-order valence-corrected chi connectivity index (χ2v) is 5.87. The third kappa shape index (κ3) is 8.35. The fraction of sp³-hybridized carbons (Fsp3) is 0.929. The summed E-state index contributed by atoms with van der Waals surface area (Å²) < 4.78 is 15.5. The van der Waals surface area contributed by atoms with Gasteiger partial charge in [0.1, 0.15) is 5.60 Å². The molecule has 0 aliphatic heterocycles. The normalized spacial score (nSPS) is 12.1. The number of nitrogens with one attached hydrogen (secondary N) is 1. The number of methoxy groups -OCH3 is 2. The summed E-state index contributed by atoms with van der Waals surface area (Å²) in [6, 6.07) is 0.0901. The van der Waals surface area contributed by atoms with Gasteiger partial charge >= 0.3 is 6.09 Å². The quantitative estimate of drug-likeness (QED) is 0.546. The van der Waals surface area contributed by atoms with E-state index in [1.165, 1.54) is 0 Å². The molecule has 0 aromatic heterocycles. The minimum atomic E-state index is -0.477. The predicted octanol–water partition coefficient (Wildman–Crippen LogP) is 1.84. The summed E-state index contributed by atoms with van der Waals surface area (Å²) in [4.78, 5) is 13.8. The first-order chi connectivity index (χ1) is 9.21. The molecule has 0 bridgehead atoms. The van der Waals surface area contributed by atoms with Crippen LogP contribution in [0.15, 0.2) is 0 Å². The van der Waals surface area contributed by atoms with Crippen LogP contribution in [0.2, 0.25) is 0 Å². The lowest BCUT2D eigenvalue weighted by molar-refractivity contribution is -0.0987. The SMILES string of the molecule is COC(CNCCN(C(=O)OC(C)(C)C)C(C)C)OC. The third-order valence-electron chi connectivity index (χ3n) is 2.62. The minimum absolute atomic E-state index is 0.0901. The first-order valence-electron chi connectivity index (χ1n) is 6.97. The first kappa shape index (κ1) is 19.1. The molecule has 0 aromatic rings. The van der Waals surface area contributed by atoms with Crippen LogP contribution in [-0.4, -0.2) is 62.8 Å². The van der Waals surface area contributed by atoms with E-state index in [0.717, 1.165) is 0 Å². The van der Waals surface area contributed by atoms with E-state index in [-0.39, 0.29) is 18.4 Å². The van der Waals surface area contributed by atoms with Crippen LogP contribution in [-0.2, 0) is 14.2 Å². The maximum absolute atomic E-state index is 12.1. The molecule has 0 saturated carbocycles. The Labute approximate surface area is 122 Å². The van der Waals surface area contributed by atoms with Crippen LogP contribution in [0.25, 0.3) is 0 Å². The van der Waals surface area contributed by atoms with Gasteiger partial charge in [-0.15, -0.1) is 0 Å². The number of ether oxygens (including phenoxy) is 3. The number of carbonyl (C=O) groups is 1. The molecule has 0 radical (unpaired) electrons. The van der Waals surface area contributed by atoms with Crippen molar-refractivity contribution in [1.82, 2.24) is 10.2 Å². The predicted molar refractivity (Wildman–Crippen MR) is 78.8 cm³/mol. The maximum atomic E-state index is 12.1. The van der Waals surface area contributed by atoms with Gasteiger partial charge in [-0.3, -0.25) is 0 Å². The minimum Gasteiger partial charge on any atom is -0.444 e. The van der Waals surface area contributed by atoms with Crippen LogP contribution in [0.3, 0.4) is 0 Å². The zero-order valence-corrected chi connectivity index (χ0v) is 13.9. The molecule has 0 spiro atoms. The van der Waals surface area contributed by atoms with Gasteiger partial charge in [0.05, 0.1) is 0 Å². The van der Waals surface area contributed by atoms with Gasteiger partial charge in [-0.1, -0.05) is 0 Å². The number of rotatable bonds is 8. The molecule has 0 aliphatic rings. The maximum Gasteiger partial charge on any atom is 0.410 e. The summed E-state index contributed by atoms with van der Waals surface area (Å²) >= 11 is 0. The lowest BCUT2D eigenvalue weighted by Crippen LogP contribution is -2.45. The van der Waals surface area contributed by atoms with E-state index in [0.29, 0.717) is 19.6 Å². The van der Waals surface area contributed by atoms with E-state index in [4.69, 9.17) is 14.2 Å². The van der Waals surface area contributed by atoms with Gasteiger partial charge in [0.25, 0.3) is 0 Å². The highest BCUT2D eigenvalue weighted by Crippen LogP contribution is 2.11. The van der Waals surface area contributed by atoms with Crippen molar-refractivity contribution < 1.29 is 19.0 Å². The molecule has 0 atom stereocenters. The van der Waals surface area contributed by atoms with Crippen LogP contribution in [0.1, 0.15) is 34.6 Å². The van der Waals surface area contributed by atoms with Crippen molar-refractivity contribution >= 4 is 6.09 Å². The molecule has 6 heteroatoms. The van der Waals surface area contributed by atoms with Crippen LogP contribution in [0.4, 0.5) is 4.79 Å². The van der Waals surface area contributed by atoms with Crippen molar-refractivity contribution in [2.24, 2.45) is 0 Å². The van der Waals surface area contributed by atoms with Crippen molar-refractivity contribution in [2.75, 3.05) is 33.9 Å². The van der Waals surface area contributed by atoms with E-state index in [9.17, 15) is 4.79 Å². The Morgan fingerprint density at radius 3 is 2.15 bits per heavy atom. The first-order valence-corrected chi connectivity index (χ1v) is 6.97. The molecule has 1 amide bonds. The van der Waals surface area contributed by atoms with Crippen molar-refractivity contribution in [3.05, 3.63) is 0 Å². The van der Waals surface area contributed by atoms with Gasteiger partial charge < -0.3 is 24.4 Å². The molecule has 0 aliphatic carbocycles. The van der Waals surface area contributed by atoms with Crippen LogP contribution >= 0.6 is 0 Å². The summed E-state index contributed by atoms with van der Waals surface area (Å²) in [5.41, 5.74) is -0.477. The number of nitrogens with zero attached hydrogens (tertiary/aromatic N) is 1. The average Bonchev–Trinajstić information content (AvgIpc) is 2.31. The van der Waals surface area contributed by atoms with Crippen LogP contribution in [0, 0.1) is 0 Å². The van der Waals surface area contributed by atoms with E-state index >= 15 is 0 Å². The summed E-state index contributed by atoms with van der Waals surface area (Å²) in [7, 11) is 3.19. The summed E-state index contributed by atoms with van der Waals surface area (Å²) in [6.45, 7) is 11.3. The standard InChI is InChI=1S/C14H30N2O4/c1-11(2)16(13(17)20-14(3,4)5)9-8-15-10-12(18-6)19-7/h11-12,15H,8-10H2,1-7H3. The molecule has 1 N–H and O–H groups in total. The van der Waals surface area contributed by atoms with Gasteiger partial charge in [0.15, 0.2) is 6.29 Å². The van der Waals surface area contributed by atoms with Crippen molar-refractivity contribution in [2.45, 2.75) is 52.6 Å². The zero-order chi connectivity index (χ0) is 15.8. The summed E-state index contributed by atoms with van der Waals surface area (Å²) in [5, 5.41) is 3.19. The van der Waals surface area contributed by atoms with Gasteiger partial charge in [0.2, 0.25) is 0 Å². The molecule has 0 saturated heterocycles. The molecule has 20 heavy (non-hydrogen) atoms. The van der Waals surface area contributed by atoms with Gasteiger partial charge in [0, 0.05) is 39.9 Å². The molecule has 0 rings (SSSR count). The molecule has 0 heterocycles. The van der Waals surface area contributed by atoms with Crippen LogP contribution in [0.5, 0.6) is 0 Å². The van der Waals surface area contributed by atoms with Gasteiger partial charge in [-0.05, 0) is 34.6 Å².